The van der Waals surface area contributed by atoms with Gasteiger partial charge in [-0.15, -0.1) is 0 Å². The van der Waals surface area contributed by atoms with Crippen molar-refractivity contribution in [2.24, 2.45) is 0 Å². The van der Waals surface area contributed by atoms with Gasteiger partial charge in [0.2, 0.25) is 0 Å². The summed E-state index contributed by atoms with van der Waals surface area (Å²) in [7, 11) is 0. The molecular weight excluding hydrogens is 290 g/mol. The van der Waals surface area contributed by atoms with Gasteiger partial charge in [-0.1, -0.05) is 24.3 Å². The highest BCUT2D eigenvalue weighted by molar-refractivity contribution is 7.08. The van der Waals surface area contributed by atoms with Crippen molar-refractivity contribution in [3.05, 3.63) is 76.9 Å². The van der Waals surface area contributed by atoms with Gasteiger partial charge in [0.1, 0.15) is 11.6 Å². The van der Waals surface area contributed by atoms with E-state index in [1.807, 2.05) is 42.5 Å². The van der Waals surface area contributed by atoms with Crippen LogP contribution in [-0.2, 0) is 0 Å². The zero-order valence-electron chi connectivity index (χ0n) is 11.8. The minimum Gasteiger partial charge on any atom is -0.277 e. The molecule has 1 aromatic carbocycles. The average molecular weight is 303 g/mol. The zero-order chi connectivity index (χ0) is 14.8. The molecule has 4 rings (SSSR count). The molecule has 0 aliphatic heterocycles. The maximum Gasteiger partial charge on any atom is 0.139 e. The van der Waals surface area contributed by atoms with E-state index in [2.05, 4.69) is 38.5 Å². The van der Waals surface area contributed by atoms with E-state index in [0.717, 1.165) is 22.7 Å². The number of hydrogen-bond acceptors (Lipinski definition) is 3. The van der Waals surface area contributed by atoms with Gasteiger partial charge < -0.3 is 0 Å². The zero-order valence-corrected chi connectivity index (χ0v) is 12.6. The van der Waals surface area contributed by atoms with Crippen LogP contribution in [-0.4, -0.2) is 14.5 Å². The lowest BCUT2D eigenvalue weighted by Crippen LogP contribution is -1.99. The van der Waals surface area contributed by atoms with Crippen LogP contribution in [0.1, 0.15) is 11.4 Å². The van der Waals surface area contributed by atoms with Crippen molar-refractivity contribution < 1.29 is 0 Å². The second-order valence-corrected chi connectivity index (χ2v) is 5.65. The number of rotatable bonds is 3. The third-order valence-corrected chi connectivity index (χ3v) is 4.13. The number of pyridine rings is 1. The van der Waals surface area contributed by atoms with E-state index in [-0.39, 0.29) is 0 Å². The summed E-state index contributed by atoms with van der Waals surface area (Å²) in [5.74, 6) is 1.76. The van der Waals surface area contributed by atoms with Crippen LogP contribution < -0.4 is 0 Å². The van der Waals surface area contributed by atoms with Crippen LogP contribution in [0, 0.1) is 0 Å². The summed E-state index contributed by atoms with van der Waals surface area (Å²) in [5.41, 5.74) is 3.22. The molecule has 0 fully saturated rings. The molecule has 106 valence electrons. The summed E-state index contributed by atoms with van der Waals surface area (Å²) < 4.78 is 2.08. The quantitative estimate of drug-likeness (QED) is 0.551. The molecule has 0 saturated heterocycles. The van der Waals surface area contributed by atoms with Crippen LogP contribution >= 0.6 is 11.3 Å². The summed E-state index contributed by atoms with van der Waals surface area (Å²) in [6.45, 7) is 0. The smallest absolute Gasteiger partial charge is 0.139 e. The van der Waals surface area contributed by atoms with Crippen LogP contribution in [0.5, 0.6) is 0 Å². The summed E-state index contributed by atoms with van der Waals surface area (Å²) in [6.07, 6.45) is 5.92. The second kappa shape index (κ2) is 5.58. The molecule has 0 aliphatic carbocycles. The molecule has 0 N–H and O–H groups in total. The van der Waals surface area contributed by atoms with Crippen molar-refractivity contribution in [1.29, 1.82) is 0 Å². The molecule has 22 heavy (non-hydrogen) atoms. The third-order valence-electron chi connectivity index (χ3n) is 3.43. The van der Waals surface area contributed by atoms with Crippen molar-refractivity contribution in [2.45, 2.75) is 0 Å². The number of benzene rings is 1. The van der Waals surface area contributed by atoms with Gasteiger partial charge in [-0.2, -0.15) is 11.3 Å². The first-order chi connectivity index (χ1) is 10.9. The molecule has 3 heterocycles. The number of imidazole rings is 1. The largest absolute Gasteiger partial charge is 0.277 e. The van der Waals surface area contributed by atoms with Gasteiger partial charge in [0.25, 0.3) is 0 Å². The minimum atomic E-state index is 0.876. The monoisotopic (exact) mass is 303 g/mol. The normalized spacial score (nSPS) is 11.5. The van der Waals surface area contributed by atoms with E-state index >= 15 is 0 Å². The predicted octanol–water partition coefficient (Wildman–Crippen LogP) is 4.65. The Kier molecular flexibility index (Phi) is 3.29. The highest BCUT2D eigenvalue weighted by atomic mass is 32.1. The molecule has 0 radical (unpaired) electrons. The topological polar surface area (TPSA) is 30.7 Å². The van der Waals surface area contributed by atoms with Crippen LogP contribution in [0.15, 0.2) is 65.5 Å². The lowest BCUT2D eigenvalue weighted by atomic mass is 10.3. The minimum absolute atomic E-state index is 0.876. The molecule has 3 nitrogen and oxygen atoms in total. The first-order valence-electron chi connectivity index (χ1n) is 7.01. The molecule has 4 heteroatoms. The predicted molar refractivity (Wildman–Crippen MR) is 92.1 cm³/mol. The van der Waals surface area contributed by atoms with Crippen molar-refractivity contribution in [3.63, 3.8) is 0 Å². The first kappa shape index (κ1) is 13.0. The van der Waals surface area contributed by atoms with Crippen LogP contribution in [0.2, 0.25) is 0 Å². The number of aromatic nitrogens is 3. The highest BCUT2D eigenvalue weighted by Crippen LogP contribution is 2.22. The number of nitrogens with zero attached hydrogens (tertiary/aromatic N) is 3. The molecule has 0 saturated carbocycles. The Morgan fingerprint density at radius 2 is 1.86 bits per heavy atom. The molecule has 0 aliphatic rings. The Labute approximate surface area is 132 Å². The van der Waals surface area contributed by atoms with Gasteiger partial charge in [-0.3, -0.25) is 4.57 Å². The van der Waals surface area contributed by atoms with Crippen molar-refractivity contribution in [3.8, 4) is 5.82 Å². The molecule has 0 unspecified atom stereocenters. The Bertz CT molecular complexity index is 922. The van der Waals surface area contributed by atoms with Crippen LogP contribution in [0.4, 0.5) is 0 Å². The van der Waals surface area contributed by atoms with E-state index in [1.165, 1.54) is 5.56 Å². The molecule has 4 aromatic rings. The highest BCUT2D eigenvalue weighted by Gasteiger charge is 2.10. The van der Waals surface area contributed by atoms with E-state index in [0.29, 0.717) is 0 Å². The average Bonchev–Trinajstić information content (AvgIpc) is 3.21. The molecule has 0 spiro atoms. The Morgan fingerprint density at radius 3 is 2.68 bits per heavy atom. The Balaban J connectivity index is 1.90. The van der Waals surface area contributed by atoms with E-state index in [4.69, 9.17) is 4.98 Å². The van der Waals surface area contributed by atoms with Crippen molar-refractivity contribution in [2.75, 3.05) is 0 Å². The number of thiophene rings is 1. The maximum atomic E-state index is 4.73. The fourth-order valence-electron chi connectivity index (χ4n) is 2.42. The SMILES string of the molecule is C(=C\c1nc2ccccc2n1-c1ccccn1)/c1ccsc1. The first-order valence-corrected chi connectivity index (χ1v) is 7.95. The number of para-hydroxylation sites is 2. The lowest BCUT2D eigenvalue weighted by Gasteiger charge is -2.05. The maximum absolute atomic E-state index is 4.73. The summed E-state index contributed by atoms with van der Waals surface area (Å²) in [5, 5.41) is 4.19. The van der Waals surface area contributed by atoms with E-state index in [1.54, 1.807) is 17.5 Å². The van der Waals surface area contributed by atoms with Gasteiger partial charge in [-0.25, -0.2) is 9.97 Å². The second-order valence-electron chi connectivity index (χ2n) is 4.87. The van der Waals surface area contributed by atoms with Crippen molar-refractivity contribution >= 4 is 34.5 Å². The standard InChI is InChI=1S/C18H13N3S/c1-2-6-16-15(5-1)20-18(9-8-14-10-12-22-13-14)21(16)17-7-3-4-11-19-17/h1-13H/b9-8+. The fourth-order valence-corrected chi connectivity index (χ4v) is 3.05. The van der Waals surface area contributed by atoms with Crippen LogP contribution in [0.25, 0.3) is 29.0 Å². The fraction of sp³-hybridized carbons (Fsp3) is 0. The molecule has 3 aromatic heterocycles. The summed E-state index contributed by atoms with van der Waals surface area (Å²) in [6, 6.07) is 16.1. The van der Waals surface area contributed by atoms with Crippen molar-refractivity contribution in [1.82, 2.24) is 14.5 Å². The third kappa shape index (κ3) is 2.34. The van der Waals surface area contributed by atoms with Gasteiger partial charge in [0.05, 0.1) is 11.0 Å². The molecular formula is C18H13N3S. The van der Waals surface area contributed by atoms with Gasteiger partial charge in [0.15, 0.2) is 0 Å². The summed E-state index contributed by atoms with van der Waals surface area (Å²) >= 11 is 1.69. The molecule has 0 atom stereocenters. The number of fused-ring (bicyclic) bond motifs is 1. The van der Waals surface area contributed by atoms with E-state index < -0.39 is 0 Å². The Morgan fingerprint density at radius 1 is 0.955 bits per heavy atom. The molecule has 0 bridgehead atoms. The van der Waals surface area contributed by atoms with Gasteiger partial charge >= 0.3 is 0 Å². The Hall–Kier alpha value is -2.72. The van der Waals surface area contributed by atoms with Crippen LogP contribution in [0.3, 0.4) is 0 Å². The lowest BCUT2D eigenvalue weighted by molar-refractivity contribution is 1.01. The van der Waals surface area contributed by atoms with Gasteiger partial charge in [0, 0.05) is 6.20 Å². The molecule has 0 amide bonds. The van der Waals surface area contributed by atoms with E-state index in [9.17, 15) is 0 Å². The van der Waals surface area contributed by atoms with Gasteiger partial charge in [-0.05, 0) is 52.7 Å². The number of hydrogen-bond donors (Lipinski definition) is 0. The summed E-state index contributed by atoms with van der Waals surface area (Å²) in [4.78, 5) is 9.20.